The largest absolute Gasteiger partial charge is 0.296 e. The Labute approximate surface area is 97.9 Å². The lowest BCUT2D eigenvalue weighted by molar-refractivity contribution is 0.338. The summed E-state index contributed by atoms with van der Waals surface area (Å²) in [5.41, 5.74) is 1.02. The monoisotopic (exact) mass is 242 g/mol. The second kappa shape index (κ2) is 7.19. The van der Waals surface area contributed by atoms with Crippen LogP contribution < -0.4 is 0 Å². The molecule has 0 aromatic heterocycles. The Morgan fingerprint density at radius 1 is 1.31 bits per heavy atom. The highest BCUT2D eigenvalue weighted by molar-refractivity contribution is 7.86. The molecule has 3 nitrogen and oxygen atoms in total. The van der Waals surface area contributed by atoms with E-state index in [1.165, 1.54) is 0 Å². The standard InChI is InChI=1S/C9H12O3S.C3H6/c1-3-12-13(10,11)9-6-4-8(2)5-7-9;1-3-2/h4-7H,3H2,1-2H3;3H,1H2,2H3. The van der Waals surface area contributed by atoms with Crippen molar-refractivity contribution in [3.8, 4) is 0 Å². The van der Waals surface area contributed by atoms with Crippen molar-refractivity contribution in [2.24, 2.45) is 0 Å². The van der Waals surface area contributed by atoms with E-state index in [1.54, 1.807) is 37.3 Å². The number of benzene rings is 1. The third kappa shape index (κ3) is 5.09. The van der Waals surface area contributed by atoms with E-state index in [9.17, 15) is 8.42 Å². The Hall–Kier alpha value is -1.13. The number of aryl methyl sites for hydroxylation is 1. The molecule has 0 heterocycles. The van der Waals surface area contributed by atoms with E-state index in [2.05, 4.69) is 10.8 Å². The predicted octanol–water partition coefficient (Wildman–Crippen LogP) is 2.91. The molecule has 0 aliphatic carbocycles. The van der Waals surface area contributed by atoms with Crippen LogP contribution >= 0.6 is 0 Å². The summed E-state index contributed by atoms with van der Waals surface area (Å²) >= 11 is 0. The number of hydrogen-bond donors (Lipinski definition) is 0. The van der Waals surface area contributed by atoms with Crippen molar-refractivity contribution in [3.05, 3.63) is 42.5 Å². The van der Waals surface area contributed by atoms with Crippen LogP contribution in [0.15, 0.2) is 41.8 Å². The minimum absolute atomic E-state index is 0.163. The fraction of sp³-hybridized carbons (Fsp3) is 0.333. The van der Waals surface area contributed by atoms with Crippen molar-refractivity contribution >= 4 is 10.1 Å². The Kier molecular flexibility index (Phi) is 6.69. The lowest BCUT2D eigenvalue weighted by atomic mass is 10.2. The average molecular weight is 242 g/mol. The highest BCUT2D eigenvalue weighted by Gasteiger charge is 2.12. The smallest absolute Gasteiger partial charge is 0.267 e. The van der Waals surface area contributed by atoms with Gasteiger partial charge in [-0.25, -0.2) is 0 Å². The molecular weight excluding hydrogens is 224 g/mol. The first kappa shape index (κ1) is 14.9. The highest BCUT2D eigenvalue weighted by Crippen LogP contribution is 2.12. The van der Waals surface area contributed by atoms with Crippen molar-refractivity contribution in [2.75, 3.05) is 6.61 Å². The summed E-state index contributed by atoms with van der Waals surface area (Å²) in [6.45, 7) is 8.96. The van der Waals surface area contributed by atoms with Gasteiger partial charge in [0.15, 0.2) is 0 Å². The van der Waals surface area contributed by atoms with Crippen LogP contribution in [-0.4, -0.2) is 15.0 Å². The van der Waals surface area contributed by atoms with Gasteiger partial charge in [0, 0.05) is 0 Å². The van der Waals surface area contributed by atoms with Gasteiger partial charge in [-0.15, -0.1) is 6.58 Å². The summed E-state index contributed by atoms with van der Waals surface area (Å²) in [5.74, 6) is 0. The average Bonchev–Trinajstić information content (AvgIpc) is 2.19. The van der Waals surface area contributed by atoms with E-state index in [-0.39, 0.29) is 11.5 Å². The van der Waals surface area contributed by atoms with E-state index >= 15 is 0 Å². The number of hydrogen-bond acceptors (Lipinski definition) is 3. The summed E-state index contributed by atoms with van der Waals surface area (Å²) in [6.07, 6.45) is 1.75. The van der Waals surface area contributed by atoms with Crippen LogP contribution in [0.4, 0.5) is 0 Å². The molecule has 0 fully saturated rings. The third-order valence-electron chi connectivity index (χ3n) is 1.58. The van der Waals surface area contributed by atoms with Gasteiger partial charge in [-0.05, 0) is 32.9 Å². The molecular formula is C12H18O3S. The molecule has 1 rings (SSSR count). The molecule has 0 saturated carbocycles. The minimum atomic E-state index is -3.53. The maximum Gasteiger partial charge on any atom is 0.296 e. The maximum atomic E-state index is 11.3. The van der Waals surface area contributed by atoms with Crippen LogP contribution in [-0.2, 0) is 14.3 Å². The molecule has 0 aliphatic rings. The van der Waals surface area contributed by atoms with Crippen LogP contribution in [0, 0.1) is 6.92 Å². The van der Waals surface area contributed by atoms with Crippen LogP contribution in [0.5, 0.6) is 0 Å². The van der Waals surface area contributed by atoms with Gasteiger partial charge in [0.1, 0.15) is 0 Å². The fourth-order valence-corrected chi connectivity index (χ4v) is 1.84. The molecule has 0 amide bonds. The van der Waals surface area contributed by atoms with Gasteiger partial charge in [-0.3, -0.25) is 4.18 Å². The van der Waals surface area contributed by atoms with Crippen LogP contribution in [0.2, 0.25) is 0 Å². The van der Waals surface area contributed by atoms with Crippen molar-refractivity contribution in [2.45, 2.75) is 25.7 Å². The van der Waals surface area contributed by atoms with Crippen molar-refractivity contribution in [3.63, 3.8) is 0 Å². The Balaban J connectivity index is 0.000000673. The Bertz CT molecular complexity index is 404. The summed E-state index contributed by atoms with van der Waals surface area (Å²) in [7, 11) is -3.53. The molecule has 1 aromatic rings. The van der Waals surface area contributed by atoms with E-state index in [0.29, 0.717) is 0 Å². The quantitative estimate of drug-likeness (QED) is 0.604. The number of allylic oxidation sites excluding steroid dienone is 1. The normalized spacial score (nSPS) is 10.2. The third-order valence-corrected chi connectivity index (χ3v) is 2.98. The number of rotatable bonds is 3. The molecule has 0 spiro atoms. The molecule has 0 radical (unpaired) electrons. The van der Waals surface area contributed by atoms with E-state index in [1.807, 2.05) is 13.8 Å². The fourth-order valence-electron chi connectivity index (χ4n) is 0.928. The van der Waals surface area contributed by atoms with Gasteiger partial charge in [0.05, 0.1) is 11.5 Å². The van der Waals surface area contributed by atoms with Crippen LogP contribution in [0.25, 0.3) is 0 Å². The first-order valence-corrected chi connectivity index (χ1v) is 6.42. The lowest BCUT2D eigenvalue weighted by Gasteiger charge is -2.02. The zero-order valence-corrected chi connectivity index (χ0v) is 10.8. The maximum absolute atomic E-state index is 11.3. The van der Waals surface area contributed by atoms with E-state index < -0.39 is 10.1 Å². The SMILES string of the molecule is C=CC.CCOS(=O)(=O)c1ccc(C)cc1. The first-order chi connectivity index (χ1) is 7.47. The molecule has 0 aliphatic heterocycles. The Morgan fingerprint density at radius 2 is 1.75 bits per heavy atom. The second-order valence-electron chi connectivity index (χ2n) is 3.08. The lowest BCUT2D eigenvalue weighted by Crippen LogP contribution is -2.05. The van der Waals surface area contributed by atoms with E-state index in [0.717, 1.165) is 5.56 Å². The molecule has 0 saturated heterocycles. The first-order valence-electron chi connectivity index (χ1n) is 5.01. The van der Waals surface area contributed by atoms with Gasteiger partial charge in [-0.1, -0.05) is 23.8 Å². The topological polar surface area (TPSA) is 43.4 Å². The van der Waals surface area contributed by atoms with Crippen molar-refractivity contribution in [1.29, 1.82) is 0 Å². The summed E-state index contributed by atoms with van der Waals surface area (Å²) in [6, 6.07) is 6.57. The molecule has 0 N–H and O–H groups in total. The second-order valence-corrected chi connectivity index (χ2v) is 4.70. The van der Waals surface area contributed by atoms with Crippen molar-refractivity contribution < 1.29 is 12.6 Å². The van der Waals surface area contributed by atoms with E-state index in [4.69, 9.17) is 0 Å². The molecule has 90 valence electrons. The van der Waals surface area contributed by atoms with Gasteiger partial charge >= 0.3 is 0 Å². The van der Waals surface area contributed by atoms with Gasteiger partial charge in [-0.2, -0.15) is 8.42 Å². The van der Waals surface area contributed by atoms with Gasteiger partial charge < -0.3 is 0 Å². The Morgan fingerprint density at radius 3 is 2.12 bits per heavy atom. The van der Waals surface area contributed by atoms with Crippen LogP contribution in [0.3, 0.4) is 0 Å². The van der Waals surface area contributed by atoms with Gasteiger partial charge in [0.2, 0.25) is 0 Å². The summed E-state index contributed by atoms with van der Waals surface area (Å²) < 4.78 is 27.3. The molecule has 0 bridgehead atoms. The zero-order valence-electron chi connectivity index (χ0n) is 9.93. The molecule has 4 heteroatoms. The highest BCUT2D eigenvalue weighted by atomic mass is 32.2. The zero-order chi connectivity index (χ0) is 12.6. The van der Waals surface area contributed by atoms with Crippen molar-refractivity contribution in [1.82, 2.24) is 0 Å². The molecule has 0 atom stereocenters. The van der Waals surface area contributed by atoms with Gasteiger partial charge in [0.25, 0.3) is 10.1 Å². The van der Waals surface area contributed by atoms with Crippen LogP contribution in [0.1, 0.15) is 19.4 Å². The predicted molar refractivity (Wildman–Crippen MR) is 65.9 cm³/mol. The summed E-state index contributed by atoms with van der Waals surface area (Å²) in [4.78, 5) is 0.208. The molecule has 0 unspecified atom stereocenters. The minimum Gasteiger partial charge on any atom is -0.267 e. The molecule has 16 heavy (non-hydrogen) atoms. The molecule has 1 aromatic carbocycles. The summed E-state index contributed by atoms with van der Waals surface area (Å²) in [5, 5.41) is 0.